The van der Waals surface area contributed by atoms with E-state index >= 15 is 0 Å². The van der Waals surface area contributed by atoms with Gasteiger partial charge in [-0.1, -0.05) is 26.0 Å². The van der Waals surface area contributed by atoms with Gasteiger partial charge in [-0.2, -0.15) is 0 Å². The Morgan fingerprint density at radius 3 is 3.08 bits per heavy atom. The minimum absolute atomic E-state index is 0.0755. The van der Waals surface area contributed by atoms with Crippen LogP contribution in [0.4, 0.5) is 0 Å². The Bertz CT molecular complexity index is 797. The number of carbonyl (C=O) groups excluding carboxylic acids is 1. The van der Waals surface area contributed by atoms with Gasteiger partial charge in [0.2, 0.25) is 5.91 Å². The minimum Gasteiger partial charge on any atom is -0.493 e. The van der Waals surface area contributed by atoms with E-state index in [1.165, 1.54) is 5.56 Å². The molecule has 0 saturated heterocycles. The van der Waals surface area contributed by atoms with Gasteiger partial charge in [-0.15, -0.1) is 10.2 Å². The summed E-state index contributed by atoms with van der Waals surface area (Å²) in [5, 5.41) is 11.8. The van der Waals surface area contributed by atoms with Crippen molar-refractivity contribution < 1.29 is 9.53 Å². The Morgan fingerprint density at radius 1 is 1.36 bits per heavy atom. The molecule has 1 aromatic carbocycles. The number of fused-ring (bicyclic) bond motifs is 2. The molecule has 3 heterocycles. The highest BCUT2D eigenvalue weighted by molar-refractivity contribution is 5.79. The highest BCUT2D eigenvalue weighted by Gasteiger charge is 2.25. The maximum atomic E-state index is 12.5. The van der Waals surface area contributed by atoms with Crippen LogP contribution in [0, 0.1) is 0 Å². The fourth-order valence-electron chi connectivity index (χ4n) is 3.71. The van der Waals surface area contributed by atoms with Crippen LogP contribution in [0.1, 0.15) is 49.0 Å². The lowest BCUT2D eigenvalue weighted by molar-refractivity contribution is -0.121. The topological polar surface area (TPSA) is 69.0 Å². The summed E-state index contributed by atoms with van der Waals surface area (Å²) in [6.45, 7) is 5.75. The summed E-state index contributed by atoms with van der Waals surface area (Å²) < 4.78 is 7.69. The van der Waals surface area contributed by atoms with Gasteiger partial charge >= 0.3 is 0 Å². The molecule has 6 nitrogen and oxygen atoms in total. The number of ether oxygens (including phenoxy) is 1. The number of aryl methyl sites for hydroxylation is 1. The van der Waals surface area contributed by atoms with Crippen molar-refractivity contribution in [1.82, 2.24) is 20.1 Å². The number of nitrogens with zero attached hydrogens (tertiary/aromatic N) is 3. The molecule has 6 heteroatoms. The van der Waals surface area contributed by atoms with Crippen LogP contribution in [0.2, 0.25) is 0 Å². The molecule has 0 fully saturated rings. The number of benzene rings is 1. The normalized spacial score (nSPS) is 18.6. The zero-order valence-electron chi connectivity index (χ0n) is 14.8. The van der Waals surface area contributed by atoms with Crippen molar-refractivity contribution >= 4 is 5.91 Å². The molecule has 1 atom stereocenters. The summed E-state index contributed by atoms with van der Waals surface area (Å²) in [5.74, 6) is 3.41. The van der Waals surface area contributed by atoms with Crippen LogP contribution in [-0.2, 0) is 30.6 Å². The number of rotatable bonds is 4. The van der Waals surface area contributed by atoms with Gasteiger partial charge in [-0.3, -0.25) is 4.79 Å². The van der Waals surface area contributed by atoms with E-state index < -0.39 is 0 Å². The third-order valence-electron chi connectivity index (χ3n) is 4.98. The van der Waals surface area contributed by atoms with Crippen molar-refractivity contribution in [2.45, 2.75) is 58.0 Å². The summed E-state index contributed by atoms with van der Waals surface area (Å²) in [5.41, 5.74) is 2.25. The van der Waals surface area contributed by atoms with E-state index in [2.05, 4.69) is 40.0 Å². The molecule has 25 heavy (non-hydrogen) atoms. The van der Waals surface area contributed by atoms with Crippen LogP contribution in [0.15, 0.2) is 18.2 Å². The first-order valence-corrected chi connectivity index (χ1v) is 9.06. The Kier molecular flexibility index (Phi) is 4.19. The summed E-state index contributed by atoms with van der Waals surface area (Å²) >= 11 is 0. The zero-order chi connectivity index (χ0) is 17.4. The summed E-state index contributed by atoms with van der Waals surface area (Å²) in [6.07, 6.45) is 3.12. The third-order valence-corrected chi connectivity index (χ3v) is 4.98. The van der Waals surface area contributed by atoms with Crippen LogP contribution >= 0.6 is 0 Å². The second-order valence-electron chi connectivity index (χ2n) is 7.26. The van der Waals surface area contributed by atoms with E-state index in [1.807, 2.05) is 12.1 Å². The minimum atomic E-state index is 0.0755. The summed E-state index contributed by atoms with van der Waals surface area (Å²) in [4.78, 5) is 12.5. The molecule has 1 amide bonds. The molecular weight excluding hydrogens is 316 g/mol. The molecule has 2 aliphatic rings. The van der Waals surface area contributed by atoms with E-state index in [0.29, 0.717) is 12.3 Å². The van der Waals surface area contributed by atoms with Crippen molar-refractivity contribution in [3.63, 3.8) is 0 Å². The lowest BCUT2D eigenvalue weighted by Crippen LogP contribution is -2.42. The number of nitrogens with one attached hydrogen (secondary N) is 1. The van der Waals surface area contributed by atoms with Crippen molar-refractivity contribution in [2.75, 3.05) is 6.61 Å². The lowest BCUT2D eigenvalue weighted by Gasteiger charge is -2.26. The fraction of sp³-hybridized carbons (Fsp3) is 0.526. The van der Waals surface area contributed by atoms with E-state index in [1.54, 1.807) is 0 Å². The standard InChI is InChI=1S/C19H24N4O2/c1-12(2)19-22-21-17-6-4-15(11-23(17)19)20-18(24)10-13-3-5-16-14(9-13)7-8-25-16/h3,5,9,12,15H,4,6-8,10-11H2,1-2H3,(H,20,24). The van der Waals surface area contributed by atoms with Crippen LogP contribution in [0.25, 0.3) is 0 Å². The molecule has 0 bridgehead atoms. The molecule has 2 aliphatic heterocycles. The molecule has 0 aliphatic carbocycles. The second-order valence-corrected chi connectivity index (χ2v) is 7.26. The molecule has 1 N–H and O–H groups in total. The molecule has 0 saturated carbocycles. The highest BCUT2D eigenvalue weighted by atomic mass is 16.5. The maximum Gasteiger partial charge on any atom is 0.224 e. The number of hydrogen-bond acceptors (Lipinski definition) is 4. The van der Waals surface area contributed by atoms with Gasteiger partial charge in [0.15, 0.2) is 0 Å². The van der Waals surface area contributed by atoms with Crippen molar-refractivity contribution in [3.8, 4) is 5.75 Å². The molecule has 1 aromatic heterocycles. The van der Waals surface area contributed by atoms with E-state index in [-0.39, 0.29) is 11.9 Å². The SMILES string of the molecule is CC(C)c1nnc2n1CC(NC(=O)Cc1ccc3c(c1)CCO3)CC2. The molecule has 0 radical (unpaired) electrons. The predicted molar refractivity (Wildman–Crippen MR) is 93.7 cm³/mol. The van der Waals surface area contributed by atoms with Crippen molar-refractivity contribution in [1.29, 1.82) is 0 Å². The Labute approximate surface area is 147 Å². The van der Waals surface area contributed by atoms with Crippen LogP contribution < -0.4 is 10.1 Å². The Balaban J connectivity index is 1.39. The Morgan fingerprint density at radius 2 is 2.24 bits per heavy atom. The average Bonchev–Trinajstić information content (AvgIpc) is 3.20. The van der Waals surface area contributed by atoms with Gasteiger partial charge in [0.05, 0.1) is 13.0 Å². The largest absolute Gasteiger partial charge is 0.493 e. The molecule has 0 spiro atoms. The van der Waals surface area contributed by atoms with Gasteiger partial charge in [0.1, 0.15) is 17.4 Å². The third kappa shape index (κ3) is 3.25. The number of carbonyl (C=O) groups is 1. The molecular formula is C19H24N4O2. The average molecular weight is 340 g/mol. The smallest absolute Gasteiger partial charge is 0.224 e. The first kappa shape index (κ1) is 16.1. The van der Waals surface area contributed by atoms with Crippen molar-refractivity contribution in [2.24, 2.45) is 0 Å². The van der Waals surface area contributed by atoms with E-state index in [4.69, 9.17) is 4.74 Å². The monoisotopic (exact) mass is 340 g/mol. The van der Waals surface area contributed by atoms with Crippen LogP contribution in [0.3, 0.4) is 0 Å². The number of amides is 1. The van der Waals surface area contributed by atoms with Gasteiger partial charge in [0, 0.05) is 31.3 Å². The van der Waals surface area contributed by atoms with Gasteiger partial charge < -0.3 is 14.6 Å². The van der Waals surface area contributed by atoms with E-state index in [0.717, 1.165) is 55.4 Å². The predicted octanol–water partition coefficient (Wildman–Crippen LogP) is 2.01. The Hall–Kier alpha value is -2.37. The van der Waals surface area contributed by atoms with Crippen LogP contribution in [-0.4, -0.2) is 33.3 Å². The zero-order valence-corrected chi connectivity index (χ0v) is 14.8. The second kappa shape index (κ2) is 6.50. The number of aromatic nitrogens is 3. The lowest BCUT2D eigenvalue weighted by atomic mass is 10.0. The van der Waals surface area contributed by atoms with Gasteiger partial charge in [0.25, 0.3) is 0 Å². The molecule has 132 valence electrons. The first-order valence-electron chi connectivity index (χ1n) is 9.06. The first-order chi connectivity index (χ1) is 12.1. The number of hydrogen-bond donors (Lipinski definition) is 1. The quantitative estimate of drug-likeness (QED) is 0.924. The van der Waals surface area contributed by atoms with Crippen molar-refractivity contribution in [3.05, 3.63) is 41.0 Å². The van der Waals surface area contributed by atoms with Gasteiger partial charge in [-0.05, 0) is 23.6 Å². The summed E-state index contributed by atoms with van der Waals surface area (Å²) in [6, 6.07) is 6.20. The van der Waals surface area contributed by atoms with Crippen LogP contribution in [0.5, 0.6) is 5.75 Å². The summed E-state index contributed by atoms with van der Waals surface area (Å²) in [7, 11) is 0. The molecule has 2 aromatic rings. The highest BCUT2D eigenvalue weighted by Crippen LogP contribution is 2.26. The fourth-order valence-corrected chi connectivity index (χ4v) is 3.71. The van der Waals surface area contributed by atoms with E-state index in [9.17, 15) is 4.79 Å². The molecule has 4 rings (SSSR count). The molecule has 1 unspecified atom stereocenters. The maximum absolute atomic E-state index is 12.5. The van der Waals surface area contributed by atoms with Gasteiger partial charge in [-0.25, -0.2) is 0 Å².